The van der Waals surface area contributed by atoms with E-state index in [9.17, 15) is 0 Å². The highest BCUT2D eigenvalue weighted by Gasteiger charge is 1.99. The molecule has 0 spiro atoms. The van der Waals surface area contributed by atoms with Crippen LogP contribution in [0.2, 0.25) is 0 Å². The van der Waals surface area contributed by atoms with Gasteiger partial charge in [0.05, 0.1) is 6.61 Å². The van der Waals surface area contributed by atoms with E-state index in [2.05, 4.69) is 20.3 Å². The van der Waals surface area contributed by atoms with Gasteiger partial charge in [0.2, 0.25) is 11.8 Å². The Morgan fingerprint density at radius 3 is 3.00 bits per heavy atom. The Balaban J connectivity index is 1.84. The molecule has 2 rings (SSSR count). The third-order valence-electron chi connectivity index (χ3n) is 2.34. The van der Waals surface area contributed by atoms with E-state index in [-0.39, 0.29) is 0 Å². The van der Waals surface area contributed by atoms with Crippen LogP contribution in [-0.4, -0.2) is 28.1 Å². The fourth-order valence-electron chi connectivity index (χ4n) is 1.52. The molecular weight excluding hydrogens is 228 g/mol. The third-order valence-corrected chi connectivity index (χ3v) is 2.34. The first-order chi connectivity index (χ1) is 8.88. The molecule has 0 saturated carbocycles. The van der Waals surface area contributed by atoms with Gasteiger partial charge >= 0.3 is 0 Å². The van der Waals surface area contributed by atoms with Crippen molar-refractivity contribution >= 4 is 5.95 Å². The Morgan fingerprint density at radius 2 is 2.22 bits per heavy atom. The maximum atomic E-state index is 5.31. The molecule has 0 radical (unpaired) electrons. The fraction of sp³-hybridized carbons (Fsp3) is 0.308. The molecule has 0 saturated heterocycles. The van der Waals surface area contributed by atoms with Crippen LogP contribution in [0.1, 0.15) is 12.5 Å². The number of hydrogen-bond acceptors (Lipinski definition) is 5. The maximum absolute atomic E-state index is 5.31. The molecule has 94 valence electrons. The average molecular weight is 244 g/mol. The predicted octanol–water partition coefficient (Wildman–Crippen LogP) is 1.92. The predicted molar refractivity (Wildman–Crippen MR) is 69.6 cm³/mol. The van der Waals surface area contributed by atoms with Gasteiger partial charge in [-0.15, -0.1) is 0 Å². The highest BCUT2D eigenvalue weighted by molar-refractivity contribution is 5.27. The molecular formula is C13H16N4O. The monoisotopic (exact) mass is 244 g/mol. The van der Waals surface area contributed by atoms with Crippen LogP contribution in [0.25, 0.3) is 0 Å². The number of nitrogens with zero attached hydrogens (tertiary/aromatic N) is 3. The summed E-state index contributed by atoms with van der Waals surface area (Å²) in [6.07, 6.45) is 6.20. The smallest absolute Gasteiger partial charge is 0.225 e. The van der Waals surface area contributed by atoms with E-state index in [4.69, 9.17) is 4.74 Å². The zero-order valence-corrected chi connectivity index (χ0v) is 10.3. The van der Waals surface area contributed by atoms with Crippen LogP contribution in [0, 0.1) is 0 Å². The molecule has 5 nitrogen and oxygen atoms in total. The Hall–Kier alpha value is -2.17. The lowest BCUT2D eigenvalue weighted by molar-refractivity contribution is 0.326. The Kier molecular flexibility index (Phi) is 4.46. The quantitative estimate of drug-likeness (QED) is 0.841. The summed E-state index contributed by atoms with van der Waals surface area (Å²) in [6, 6.07) is 5.73. The summed E-state index contributed by atoms with van der Waals surface area (Å²) in [6.45, 7) is 3.30. The summed E-state index contributed by atoms with van der Waals surface area (Å²) in [5.41, 5.74) is 1.19. The van der Waals surface area contributed by atoms with Crippen molar-refractivity contribution in [3.05, 3.63) is 42.4 Å². The van der Waals surface area contributed by atoms with Crippen LogP contribution in [0.4, 0.5) is 5.95 Å². The van der Waals surface area contributed by atoms with Crippen LogP contribution in [0.15, 0.2) is 36.8 Å². The molecule has 0 aliphatic carbocycles. The lowest BCUT2D eigenvalue weighted by Gasteiger charge is -2.06. The van der Waals surface area contributed by atoms with Gasteiger partial charge in [-0.05, 0) is 25.0 Å². The lowest BCUT2D eigenvalue weighted by Crippen LogP contribution is -2.08. The second-order valence-corrected chi connectivity index (χ2v) is 3.69. The molecule has 2 heterocycles. The van der Waals surface area contributed by atoms with Crippen molar-refractivity contribution in [3.63, 3.8) is 0 Å². The van der Waals surface area contributed by atoms with Crippen molar-refractivity contribution in [1.82, 2.24) is 15.0 Å². The molecule has 5 heteroatoms. The normalized spacial score (nSPS) is 10.1. The van der Waals surface area contributed by atoms with Crippen molar-refractivity contribution in [1.29, 1.82) is 0 Å². The topological polar surface area (TPSA) is 59.9 Å². The standard InChI is InChI=1S/C13H16N4O/c1-2-18-12-6-9-16-13(17-12)15-8-5-11-4-3-7-14-10-11/h3-4,6-7,9-10H,2,5,8H2,1H3,(H,15,16,17). The zero-order valence-electron chi connectivity index (χ0n) is 10.3. The molecule has 0 aliphatic heterocycles. The number of nitrogens with one attached hydrogen (secondary N) is 1. The van der Waals surface area contributed by atoms with Crippen LogP contribution in [0.3, 0.4) is 0 Å². The van der Waals surface area contributed by atoms with Gasteiger partial charge in [-0.2, -0.15) is 4.98 Å². The molecule has 0 aromatic carbocycles. The molecule has 0 unspecified atom stereocenters. The molecule has 18 heavy (non-hydrogen) atoms. The van der Waals surface area contributed by atoms with Gasteiger partial charge in [-0.1, -0.05) is 6.07 Å². The van der Waals surface area contributed by atoms with E-state index in [1.54, 1.807) is 18.5 Å². The highest BCUT2D eigenvalue weighted by atomic mass is 16.5. The number of pyridine rings is 1. The van der Waals surface area contributed by atoms with E-state index >= 15 is 0 Å². The van der Waals surface area contributed by atoms with Gasteiger partial charge in [-0.25, -0.2) is 4.98 Å². The van der Waals surface area contributed by atoms with Gasteiger partial charge in [-0.3, -0.25) is 4.98 Å². The average Bonchev–Trinajstić information content (AvgIpc) is 2.41. The zero-order chi connectivity index (χ0) is 12.6. The molecule has 1 N–H and O–H groups in total. The first-order valence-electron chi connectivity index (χ1n) is 5.97. The number of anilines is 1. The molecule has 0 bridgehead atoms. The van der Waals surface area contributed by atoms with Crippen LogP contribution >= 0.6 is 0 Å². The van der Waals surface area contributed by atoms with E-state index < -0.39 is 0 Å². The second kappa shape index (κ2) is 6.54. The largest absolute Gasteiger partial charge is 0.478 e. The van der Waals surface area contributed by atoms with Gasteiger partial charge in [0, 0.05) is 31.2 Å². The van der Waals surface area contributed by atoms with E-state index in [0.717, 1.165) is 13.0 Å². The summed E-state index contributed by atoms with van der Waals surface area (Å²) in [5.74, 6) is 1.18. The minimum absolute atomic E-state index is 0.588. The number of ether oxygens (including phenoxy) is 1. The molecule has 0 fully saturated rings. The summed E-state index contributed by atoms with van der Waals surface area (Å²) in [7, 11) is 0. The summed E-state index contributed by atoms with van der Waals surface area (Å²) in [4.78, 5) is 12.4. The number of rotatable bonds is 6. The number of hydrogen-bond donors (Lipinski definition) is 1. The van der Waals surface area contributed by atoms with E-state index in [1.165, 1.54) is 5.56 Å². The molecule has 2 aromatic heterocycles. The van der Waals surface area contributed by atoms with E-state index in [1.807, 2.05) is 25.3 Å². The van der Waals surface area contributed by atoms with Crippen molar-refractivity contribution in [2.45, 2.75) is 13.3 Å². The third kappa shape index (κ3) is 3.69. The van der Waals surface area contributed by atoms with Crippen molar-refractivity contribution in [2.24, 2.45) is 0 Å². The van der Waals surface area contributed by atoms with Crippen molar-refractivity contribution in [2.75, 3.05) is 18.5 Å². The van der Waals surface area contributed by atoms with Gasteiger partial charge in [0.15, 0.2) is 0 Å². The number of aromatic nitrogens is 3. The minimum Gasteiger partial charge on any atom is -0.478 e. The Bertz CT molecular complexity index is 475. The summed E-state index contributed by atoms with van der Waals surface area (Å²) in [5, 5.41) is 3.16. The van der Waals surface area contributed by atoms with Crippen LogP contribution < -0.4 is 10.1 Å². The van der Waals surface area contributed by atoms with Crippen molar-refractivity contribution in [3.8, 4) is 5.88 Å². The highest BCUT2D eigenvalue weighted by Crippen LogP contribution is 2.08. The molecule has 2 aromatic rings. The fourth-order valence-corrected chi connectivity index (χ4v) is 1.52. The SMILES string of the molecule is CCOc1ccnc(NCCc2cccnc2)n1. The van der Waals surface area contributed by atoms with Crippen molar-refractivity contribution < 1.29 is 4.74 Å². The van der Waals surface area contributed by atoms with E-state index in [0.29, 0.717) is 18.4 Å². The van der Waals surface area contributed by atoms with Crippen LogP contribution in [-0.2, 0) is 6.42 Å². The Labute approximate surface area is 106 Å². The van der Waals surface area contributed by atoms with Gasteiger partial charge < -0.3 is 10.1 Å². The maximum Gasteiger partial charge on any atom is 0.225 e. The van der Waals surface area contributed by atoms with Gasteiger partial charge in [0.25, 0.3) is 0 Å². The lowest BCUT2D eigenvalue weighted by atomic mass is 10.2. The Morgan fingerprint density at radius 1 is 1.28 bits per heavy atom. The van der Waals surface area contributed by atoms with Crippen LogP contribution in [0.5, 0.6) is 5.88 Å². The molecule has 0 amide bonds. The first-order valence-corrected chi connectivity index (χ1v) is 5.97. The molecule has 0 atom stereocenters. The molecule has 0 aliphatic rings. The minimum atomic E-state index is 0.588. The summed E-state index contributed by atoms with van der Waals surface area (Å²) >= 11 is 0. The summed E-state index contributed by atoms with van der Waals surface area (Å²) < 4.78 is 5.31. The second-order valence-electron chi connectivity index (χ2n) is 3.69. The first kappa shape index (κ1) is 12.3. The van der Waals surface area contributed by atoms with Gasteiger partial charge in [0.1, 0.15) is 0 Å².